The summed E-state index contributed by atoms with van der Waals surface area (Å²) in [4.78, 5) is 1.30. The van der Waals surface area contributed by atoms with E-state index in [9.17, 15) is 0 Å². The first kappa shape index (κ1) is 15.6. The van der Waals surface area contributed by atoms with Gasteiger partial charge in [0.1, 0.15) is 0 Å². The molecule has 0 aromatic heterocycles. The predicted octanol–water partition coefficient (Wildman–Crippen LogP) is 5.76. The van der Waals surface area contributed by atoms with Crippen molar-refractivity contribution in [2.75, 3.05) is 5.32 Å². The van der Waals surface area contributed by atoms with Gasteiger partial charge in [0.05, 0.1) is 16.4 Å². The van der Waals surface area contributed by atoms with Crippen LogP contribution in [0.1, 0.15) is 43.2 Å². The Bertz CT molecular complexity index is 743. The molecular formula is C21H24N2S. The molecule has 1 aliphatic carbocycles. The fraction of sp³-hybridized carbons (Fsp3) is 0.333. The fourth-order valence-electron chi connectivity index (χ4n) is 3.47. The maximum absolute atomic E-state index is 3.84. The second-order valence-corrected chi connectivity index (χ2v) is 7.82. The highest BCUT2D eigenvalue weighted by Crippen LogP contribution is 2.42. The number of anilines is 1. The van der Waals surface area contributed by atoms with E-state index in [1.165, 1.54) is 64.5 Å². The molecule has 1 fully saturated rings. The molecule has 124 valence electrons. The summed E-state index contributed by atoms with van der Waals surface area (Å²) in [7, 11) is 0. The molecule has 2 aromatic rings. The van der Waals surface area contributed by atoms with Crippen LogP contribution in [0.3, 0.4) is 0 Å². The van der Waals surface area contributed by atoms with Crippen molar-refractivity contribution in [2.45, 2.75) is 50.0 Å². The highest BCUT2D eigenvalue weighted by molar-refractivity contribution is 8.03. The summed E-state index contributed by atoms with van der Waals surface area (Å²) >= 11 is 1.86. The Hall–Kier alpha value is -1.87. The number of thioether (sulfide) groups is 1. The Labute approximate surface area is 148 Å². The Balaban J connectivity index is 1.68. The van der Waals surface area contributed by atoms with Crippen LogP contribution >= 0.6 is 11.8 Å². The van der Waals surface area contributed by atoms with Gasteiger partial charge in [-0.2, -0.15) is 0 Å². The summed E-state index contributed by atoms with van der Waals surface area (Å²) in [5.74, 6) is 0. The van der Waals surface area contributed by atoms with E-state index in [0.717, 1.165) is 0 Å². The van der Waals surface area contributed by atoms with Crippen LogP contribution < -0.4 is 10.6 Å². The van der Waals surface area contributed by atoms with Crippen LogP contribution in [0.2, 0.25) is 0 Å². The number of para-hydroxylation sites is 1. The minimum atomic E-state index is 0.605. The summed E-state index contributed by atoms with van der Waals surface area (Å²) in [6.07, 6.45) is 6.65. The van der Waals surface area contributed by atoms with E-state index in [1.807, 2.05) is 11.8 Å². The molecule has 2 aliphatic rings. The molecule has 1 aliphatic heterocycles. The predicted molar refractivity (Wildman–Crippen MR) is 104 cm³/mol. The quantitative estimate of drug-likeness (QED) is 0.745. The van der Waals surface area contributed by atoms with E-state index in [4.69, 9.17) is 0 Å². The Morgan fingerprint density at radius 2 is 1.71 bits per heavy atom. The molecule has 4 rings (SSSR count). The molecule has 0 amide bonds. The standard InChI is InChI=1S/C21H24N2S/c1-15-11-13-16(14-12-15)20-21(22-17-7-3-2-4-8-17)24-19-10-6-5-9-18(19)23-20/h5-6,9-14,17,22-23H,2-4,7-8H2,1H3. The van der Waals surface area contributed by atoms with Crippen molar-refractivity contribution < 1.29 is 0 Å². The number of rotatable bonds is 3. The lowest BCUT2D eigenvalue weighted by Gasteiger charge is -2.30. The van der Waals surface area contributed by atoms with Crippen LogP contribution in [0, 0.1) is 6.92 Å². The molecule has 2 aromatic carbocycles. The zero-order valence-electron chi connectivity index (χ0n) is 14.1. The van der Waals surface area contributed by atoms with Crippen LogP contribution in [-0.4, -0.2) is 6.04 Å². The third-order valence-electron chi connectivity index (χ3n) is 4.87. The van der Waals surface area contributed by atoms with Gasteiger partial charge in [0.2, 0.25) is 0 Å². The Kier molecular flexibility index (Phi) is 4.52. The van der Waals surface area contributed by atoms with Crippen molar-refractivity contribution in [3.05, 3.63) is 64.7 Å². The largest absolute Gasteiger partial charge is 0.375 e. The van der Waals surface area contributed by atoms with Crippen molar-refractivity contribution in [3.8, 4) is 0 Å². The SMILES string of the molecule is Cc1ccc(C2=C(NC3CCCCC3)Sc3ccccc3N2)cc1. The average Bonchev–Trinajstić information content (AvgIpc) is 2.63. The highest BCUT2D eigenvalue weighted by atomic mass is 32.2. The van der Waals surface area contributed by atoms with Gasteiger partial charge in [-0.1, -0.05) is 73.0 Å². The minimum Gasteiger partial charge on any atom is -0.375 e. The van der Waals surface area contributed by atoms with Gasteiger partial charge in [-0.3, -0.25) is 0 Å². The summed E-state index contributed by atoms with van der Waals surface area (Å²) in [5.41, 5.74) is 4.96. The highest BCUT2D eigenvalue weighted by Gasteiger charge is 2.22. The summed E-state index contributed by atoms with van der Waals surface area (Å²) in [5, 5.41) is 8.78. The summed E-state index contributed by atoms with van der Waals surface area (Å²) in [6, 6.07) is 18.0. The van der Waals surface area contributed by atoms with Crippen LogP contribution in [0.4, 0.5) is 5.69 Å². The van der Waals surface area contributed by atoms with E-state index in [1.54, 1.807) is 0 Å². The van der Waals surface area contributed by atoms with Gasteiger partial charge in [-0.25, -0.2) is 0 Å². The molecule has 2 nitrogen and oxygen atoms in total. The van der Waals surface area contributed by atoms with Crippen LogP contribution in [0.25, 0.3) is 5.70 Å². The third-order valence-corrected chi connectivity index (χ3v) is 5.97. The lowest BCUT2D eigenvalue weighted by atomic mass is 9.95. The van der Waals surface area contributed by atoms with Crippen molar-refractivity contribution in [1.29, 1.82) is 0 Å². The molecule has 0 unspecified atom stereocenters. The van der Waals surface area contributed by atoms with Crippen LogP contribution in [0.15, 0.2) is 58.5 Å². The van der Waals surface area contributed by atoms with Gasteiger partial charge in [0.25, 0.3) is 0 Å². The molecule has 3 heteroatoms. The molecule has 0 radical (unpaired) electrons. The van der Waals surface area contributed by atoms with Crippen molar-refractivity contribution >= 4 is 23.1 Å². The van der Waals surface area contributed by atoms with E-state index < -0.39 is 0 Å². The number of nitrogens with one attached hydrogen (secondary N) is 2. The third kappa shape index (κ3) is 3.32. The number of hydrogen-bond donors (Lipinski definition) is 2. The van der Waals surface area contributed by atoms with E-state index in [-0.39, 0.29) is 0 Å². The Morgan fingerprint density at radius 3 is 2.50 bits per heavy atom. The average molecular weight is 337 g/mol. The normalized spacial score (nSPS) is 18.0. The maximum atomic E-state index is 3.84. The minimum absolute atomic E-state index is 0.605. The van der Waals surface area contributed by atoms with Crippen molar-refractivity contribution in [3.63, 3.8) is 0 Å². The number of aryl methyl sites for hydroxylation is 1. The van der Waals surface area contributed by atoms with E-state index in [2.05, 4.69) is 66.1 Å². The molecule has 0 bridgehead atoms. The second-order valence-electron chi connectivity index (χ2n) is 6.77. The zero-order valence-corrected chi connectivity index (χ0v) is 15.0. The first-order valence-electron chi connectivity index (χ1n) is 8.91. The molecule has 1 saturated carbocycles. The van der Waals surface area contributed by atoms with Crippen molar-refractivity contribution in [1.82, 2.24) is 5.32 Å². The number of hydrogen-bond acceptors (Lipinski definition) is 3. The monoisotopic (exact) mass is 336 g/mol. The second kappa shape index (κ2) is 6.94. The van der Waals surface area contributed by atoms with Gasteiger partial charge in [-0.05, 0) is 31.9 Å². The molecule has 24 heavy (non-hydrogen) atoms. The first-order valence-corrected chi connectivity index (χ1v) is 9.73. The molecule has 0 atom stereocenters. The van der Waals surface area contributed by atoms with Gasteiger partial charge in [0, 0.05) is 16.5 Å². The molecule has 2 N–H and O–H groups in total. The Morgan fingerprint density at radius 1 is 0.958 bits per heavy atom. The fourth-order valence-corrected chi connectivity index (χ4v) is 4.56. The first-order chi connectivity index (χ1) is 11.8. The molecule has 0 saturated heterocycles. The van der Waals surface area contributed by atoms with Gasteiger partial charge < -0.3 is 10.6 Å². The van der Waals surface area contributed by atoms with Crippen LogP contribution in [0.5, 0.6) is 0 Å². The number of fused-ring (bicyclic) bond motifs is 1. The molecule has 0 spiro atoms. The maximum Gasteiger partial charge on any atom is 0.0978 e. The topological polar surface area (TPSA) is 24.1 Å². The summed E-state index contributed by atoms with van der Waals surface area (Å²) < 4.78 is 0. The van der Waals surface area contributed by atoms with Gasteiger partial charge >= 0.3 is 0 Å². The zero-order chi connectivity index (χ0) is 16.4. The smallest absolute Gasteiger partial charge is 0.0978 e. The number of benzene rings is 2. The van der Waals surface area contributed by atoms with Gasteiger partial charge in [0.15, 0.2) is 0 Å². The summed E-state index contributed by atoms with van der Waals surface area (Å²) in [6.45, 7) is 2.14. The lowest BCUT2D eigenvalue weighted by Crippen LogP contribution is -2.31. The van der Waals surface area contributed by atoms with E-state index in [0.29, 0.717) is 6.04 Å². The molecule has 1 heterocycles. The molecular weight excluding hydrogens is 312 g/mol. The lowest BCUT2D eigenvalue weighted by molar-refractivity contribution is 0.402. The van der Waals surface area contributed by atoms with Crippen LogP contribution in [-0.2, 0) is 0 Å². The van der Waals surface area contributed by atoms with Crippen molar-refractivity contribution in [2.24, 2.45) is 0 Å². The van der Waals surface area contributed by atoms with E-state index >= 15 is 0 Å². The van der Waals surface area contributed by atoms with Gasteiger partial charge in [-0.15, -0.1) is 0 Å².